The Morgan fingerprint density at radius 3 is 2.45 bits per heavy atom. The van der Waals surface area contributed by atoms with E-state index in [1.54, 1.807) is 23.1 Å². The lowest BCUT2D eigenvalue weighted by molar-refractivity contribution is 0.0762. The Bertz CT molecular complexity index is 1070. The first-order chi connectivity index (χ1) is 15.0. The molecule has 1 aromatic heterocycles. The van der Waals surface area contributed by atoms with Gasteiger partial charge in [-0.15, -0.1) is 0 Å². The smallest absolute Gasteiger partial charge is 0.256 e. The van der Waals surface area contributed by atoms with Gasteiger partial charge in [-0.2, -0.15) is 0 Å². The molecule has 0 saturated carbocycles. The van der Waals surface area contributed by atoms with Crippen LogP contribution in [0.2, 0.25) is 0 Å². The van der Waals surface area contributed by atoms with Crippen LogP contribution >= 0.6 is 0 Å². The normalized spacial score (nSPS) is 14.4. The molecule has 2 aromatic carbocycles. The van der Waals surface area contributed by atoms with Crippen LogP contribution in [-0.4, -0.2) is 47.0 Å². The van der Waals surface area contributed by atoms with Crippen molar-refractivity contribution in [1.82, 2.24) is 14.9 Å². The number of aromatic nitrogens is 2. The number of amides is 1. The Labute approximate surface area is 182 Å². The number of nitrogens with zero attached hydrogens (tertiary/aromatic N) is 4. The average molecular weight is 419 g/mol. The third-order valence-corrected chi connectivity index (χ3v) is 5.71. The molecule has 6 heteroatoms. The van der Waals surface area contributed by atoms with Crippen LogP contribution in [-0.2, 0) is 6.42 Å². The summed E-state index contributed by atoms with van der Waals surface area (Å²) in [5, 5.41) is 0. The van der Waals surface area contributed by atoms with Crippen molar-refractivity contribution in [3.05, 3.63) is 88.6 Å². The van der Waals surface area contributed by atoms with Crippen LogP contribution in [0.3, 0.4) is 0 Å². The Morgan fingerprint density at radius 2 is 1.68 bits per heavy atom. The topological polar surface area (TPSA) is 49.3 Å². The molecule has 0 atom stereocenters. The zero-order chi connectivity index (χ0) is 21.8. The standard InChI is InChI=1S/C25H27FN4O/c1-18-22(17-20-9-4-3-5-10-20)24(28-19(2)27-18)29-13-8-14-30(16-15-29)25(31)21-11-6-7-12-23(21)26/h3-7,9-12H,8,13-17H2,1-2H3. The number of benzene rings is 2. The van der Waals surface area contributed by atoms with Gasteiger partial charge in [0, 0.05) is 43.9 Å². The minimum atomic E-state index is -0.471. The number of carbonyl (C=O) groups is 1. The predicted octanol–water partition coefficient (Wildman–Crippen LogP) is 4.18. The molecule has 0 N–H and O–H groups in total. The van der Waals surface area contributed by atoms with Gasteiger partial charge in [0.25, 0.3) is 5.91 Å². The molecule has 5 nitrogen and oxygen atoms in total. The van der Waals surface area contributed by atoms with Gasteiger partial charge in [-0.3, -0.25) is 4.79 Å². The van der Waals surface area contributed by atoms with Crippen molar-refractivity contribution in [1.29, 1.82) is 0 Å². The predicted molar refractivity (Wildman–Crippen MR) is 120 cm³/mol. The van der Waals surface area contributed by atoms with Crippen LogP contribution in [0.4, 0.5) is 10.2 Å². The third kappa shape index (κ3) is 4.74. The summed E-state index contributed by atoms with van der Waals surface area (Å²) >= 11 is 0. The second-order valence-electron chi connectivity index (χ2n) is 7.93. The molecule has 0 unspecified atom stereocenters. The van der Waals surface area contributed by atoms with Gasteiger partial charge in [-0.25, -0.2) is 14.4 Å². The molecule has 2 heterocycles. The molecule has 0 radical (unpaired) electrons. The van der Waals surface area contributed by atoms with Crippen LogP contribution in [0.25, 0.3) is 0 Å². The van der Waals surface area contributed by atoms with Crippen molar-refractivity contribution in [3.8, 4) is 0 Å². The summed E-state index contributed by atoms with van der Waals surface area (Å²) < 4.78 is 14.1. The summed E-state index contributed by atoms with van der Waals surface area (Å²) in [6, 6.07) is 16.5. The molecule has 160 valence electrons. The zero-order valence-corrected chi connectivity index (χ0v) is 18.0. The lowest BCUT2D eigenvalue weighted by Gasteiger charge is -2.26. The van der Waals surface area contributed by atoms with E-state index in [1.807, 2.05) is 32.0 Å². The molecule has 1 aliphatic rings. The molecule has 4 rings (SSSR count). The maximum Gasteiger partial charge on any atom is 0.256 e. The first-order valence-electron chi connectivity index (χ1n) is 10.7. The number of hydrogen-bond donors (Lipinski definition) is 0. The van der Waals surface area contributed by atoms with Crippen molar-refractivity contribution in [3.63, 3.8) is 0 Å². The second-order valence-corrected chi connectivity index (χ2v) is 7.93. The SMILES string of the molecule is Cc1nc(C)c(Cc2ccccc2)c(N2CCCN(C(=O)c3ccccc3F)CC2)n1. The molecule has 0 aliphatic carbocycles. The van der Waals surface area contributed by atoms with Gasteiger partial charge in [0.05, 0.1) is 5.56 Å². The highest BCUT2D eigenvalue weighted by molar-refractivity contribution is 5.94. The van der Waals surface area contributed by atoms with Crippen LogP contribution in [0.15, 0.2) is 54.6 Å². The van der Waals surface area contributed by atoms with Gasteiger partial charge >= 0.3 is 0 Å². The number of halogens is 1. The first-order valence-corrected chi connectivity index (χ1v) is 10.7. The fourth-order valence-corrected chi connectivity index (χ4v) is 4.12. The number of rotatable bonds is 4. The van der Waals surface area contributed by atoms with E-state index in [2.05, 4.69) is 22.0 Å². The molecule has 31 heavy (non-hydrogen) atoms. The maximum absolute atomic E-state index is 14.1. The summed E-state index contributed by atoms with van der Waals surface area (Å²) in [7, 11) is 0. The van der Waals surface area contributed by atoms with E-state index in [-0.39, 0.29) is 11.5 Å². The molecule has 0 bridgehead atoms. The summed E-state index contributed by atoms with van der Waals surface area (Å²) in [6.07, 6.45) is 1.56. The van der Waals surface area contributed by atoms with E-state index in [4.69, 9.17) is 4.98 Å². The summed E-state index contributed by atoms with van der Waals surface area (Å²) in [5.41, 5.74) is 3.44. The Morgan fingerprint density at radius 1 is 0.935 bits per heavy atom. The van der Waals surface area contributed by atoms with Crippen molar-refractivity contribution < 1.29 is 9.18 Å². The molecule has 3 aromatic rings. The second kappa shape index (κ2) is 9.25. The summed E-state index contributed by atoms with van der Waals surface area (Å²) in [4.78, 5) is 26.3. The van der Waals surface area contributed by atoms with E-state index in [1.165, 1.54) is 11.6 Å². The molecule has 1 fully saturated rings. The van der Waals surface area contributed by atoms with Gasteiger partial charge in [-0.05, 0) is 38.0 Å². The lowest BCUT2D eigenvalue weighted by Crippen LogP contribution is -2.36. The fraction of sp³-hybridized carbons (Fsp3) is 0.320. The molecule has 1 aliphatic heterocycles. The molecular formula is C25H27FN4O. The minimum absolute atomic E-state index is 0.134. The monoisotopic (exact) mass is 418 g/mol. The quantitative estimate of drug-likeness (QED) is 0.638. The average Bonchev–Trinajstić information content (AvgIpc) is 3.02. The number of carbonyl (C=O) groups excluding carboxylic acids is 1. The van der Waals surface area contributed by atoms with E-state index in [9.17, 15) is 9.18 Å². The number of aryl methyl sites for hydroxylation is 2. The van der Waals surface area contributed by atoms with Crippen LogP contribution in [0.5, 0.6) is 0 Å². The van der Waals surface area contributed by atoms with Crippen molar-refractivity contribution in [2.24, 2.45) is 0 Å². The number of anilines is 1. The van der Waals surface area contributed by atoms with E-state index in [0.717, 1.165) is 42.3 Å². The van der Waals surface area contributed by atoms with Crippen molar-refractivity contribution in [2.45, 2.75) is 26.7 Å². The van der Waals surface area contributed by atoms with Gasteiger partial charge in [0.1, 0.15) is 17.5 Å². The zero-order valence-electron chi connectivity index (χ0n) is 18.0. The lowest BCUT2D eigenvalue weighted by atomic mass is 10.0. The Kier molecular flexibility index (Phi) is 6.26. The van der Waals surface area contributed by atoms with Gasteiger partial charge in [-0.1, -0.05) is 42.5 Å². The molecular weight excluding hydrogens is 391 g/mol. The Hall–Kier alpha value is -3.28. The highest BCUT2D eigenvalue weighted by Gasteiger charge is 2.24. The maximum atomic E-state index is 14.1. The van der Waals surface area contributed by atoms with Gasteiger partial charge in [0.2, 0.25) is 0 Å². The van der Waals surface area contributed by atoms with Gasteiger partial charge in [0.15, 0.2) is 0 Å². The van der Waals surface area contributed by atoms with Gasteiger partial charge < -0.3 is 9.80 Å². The number of hydrogen-bond acceptors (Lipinski definition) is 4. The van der Waals surface area contributed by atoms with Crippen molar-refractivity contribution >= 4 is 11.7 Å². The fourth-order valence-electron chi connectivity index (χ4n) is 4.12. The van der Waals surface area contributed by atoms with Crippen LogP contribution < -0.4 is 4.90 Å². The molecule has 1 saturated heterocycles. The highest BCUT2D eigenvalue weighted by Crippen LogP contribution is 2.25. The van der Waals surface area contributed by atoms with E-state index in [0.29, 0.717) is 19.6 Å². The Balaban J connectivity index is 1.57. The first kappa shape index (κ1) is 21.0. The van der Waals surface area contributed by atoms with E-state index >= 15 is 0 Å². The summed E-state index contributed by atoms with van der Waals surface area (Å²) in [5.74, 6) is 0.960. The largest absolute Gasteiger partial charge is 0.354 e. The molecule has 0 spiro atoms. The highest BCUT2D eigenvalue weighted by atomic mass is 19.1. The van der Waals surface area contributed by atoms with E-state index < -0.39 is 5.82 Å². The summed E-state index contributed by atoms with van der Waals surface area (Å²) in [6.45, 7) is 6.51. The van der Waals surface area contributed by atoms with Crippen LogP contribution in [0.1, 0.15) is 39.4 Å². The minimum Gasteiger partial charge on any atom is -0.354 e. The van der Waals surface area contributed by atoms with Crippen LogP contribution in [0, 0.1) is 19.7 Å². The third-order valence-electron chi connectivity index (χ3n) is 5.71. The van der Waals surface area contributed by atoms with Crippen molar-refractivity contribution in [2.75, 3.05) is 31.1 Å². The molecule has 1 amide bonds.